The summed E-state index contributed by atoms with van der Waals surface area (Å²) in [5.74, 6) is 2.49. The molecule has 3 heterocycles. The standard InChI is InChI=1S/C23H30N6O/c1-6-29-13-19(11-25-29)17-9-15(4)21-18(10-17)12-28(7-8-30-21)22-20(14(2)3)16(5)26-23(24)27-22/h9-11,13-14H,6-8,12H2,1-5H3,(H2,24,26,27). The van der Waals surface area contributed by atoms with Gasteiger partial charge < -0.3 is 15.4 Å². The zero-order chi connectivity index (χ0) is 21.4. The molecule has 2 aromatic heterocycles. The van der Waals surface area contributed by atoms with Crippen LogP contribution in [0.1, 0.15) is 49.1 Å². The third-order valence-corrected chi connectivity index (χ3v) is 5.62. The molecule has 7 heteroatoms. The van der Waals surface area contributed by atoms with E-state index in [1.807, 2.05) is 17.8 Å². The number of hydrogen-bond donors (Lipinski definition) is 1. The maximum atomic E-state index is 6.17. The molecule has 0 radical (unpaired) electrons. The van der Waals surface area contributed by atoms with E-state index in [-0.39, 0.29) is 0 Å². The zero-order valence-electron chi connectivity index (χ0n) is 18.4. The predicted molar refractivity (Wildman–Crippen MR) is 120 cm³/mol. The maximum Gasteiger partial charge on any atom is 0.222 e. The number of nitrogens with two attached hydrogens (primary N) is 1. The first kappa shape index (κ1) is 20.2. The van der Waals surface area contributed by atoms with Gasteiger partial charge in [-0.05, 0) is 49.9 Å². The highest BCUT2D eigenvalue weighted by Gasteiger charge is 2.24. The number of ether oxygens (including phenoxy) is 1. The Morgan fingerprint density at radius 3 is 2.67 bits per heavy atom. The first-order valence-corrected chi connectivity index (χ1v) is 10.6. The van der Waals surface area contributed by atoms with Gasteiger partial charge in [0.15, 0.2) is 0 Å². The average Bonchev–Trinajstić information content (AvgIpc) is 3.06. The van der Waals surface area contributed by atoms with Crippen LogP contribution in [0.15, 0.2) is 24.5 Å². The third kappa shape index (κ3) is 3.72. The lowest BCUT2D eigenvalue weighted by Gasteiger charge is -2.26. The van der Waals surface area contributed by atoms with Crippen molar-refractivity contribution in [2.24, 2.45) is 0 Å². The Morgan fingerprint density at radius 1 is 1.17 bits per heavy atom. The molecule has 0 saturated carbocycles. The molecule has 1 aliphatic rings. The minimum absolute atomic E-state index is 0.303. The van der Waals surface area contributed by atoms with E-state index >= 15 is 0 Å². The summed E-state index contributed by atoms with van der Waals surface area (Å²) in [6.45, 7) is 13.4. The van der Waals surface area contributed by atoms with Crippen LogP contribution in [0.25, 0.3) is 11.1 Å². The number of anilines is 2. The van der Waals surface area contributed by atoms with Gasteiger partial charge in [0.05, 0.1) is 12.7 Å². The minimum Gasteiger partial charge on any atom is -0.491 e. The van der Waals surface area contributed by atoms with Gasteiger partial charge >= 0.3 is 0 Å². The summed E-state index contributed by atoms with van der Waals surface area (Å²) in [7, 11) is 0. The topological polar surface area (TPSA) is 82.1 Å². The van der Waals surface area contributed by atoms with Crippen molar-refractivity contribution < 1.29 is 4.74 Å². The largest absolute Gasteiger partial charge is 0.491 e. The van der Waals surface area contributed by atoms with E-state index in [1.165, 1.54) is 0 Å². The lowest BCUT2D eigenvalue weighted by molar-refractivity contribution is 0.329. The Bertz CT molecular complexity index is 1070. The third-order valence-electron chi connectivity index (χ3n) is 5.62. The lowest BCUT2D eigenvalue weighted by Crippen LogP contribution is -2.28. The van der Waals surface area contributed by atoms with Crippen LogP contribution >= 0.6 is 0 Å². The Morgan fingerprint density at radius 2 is 1.97 bits per heavy atom. The Balaban J connectivity index is 1.77. The first-order chi connectivity index (χ1) is 14.4. The molecule has 0 unspecified atom stereocenters. The van der Waals surface area contributed by atoms with Crippen LogP contribution in [0.5, 0.6) is 5.75 Å². The van der Waals surface area contributed by atoms with Gasteiger partial charge in [-0.1, -0.05) is 13.8 Å². The summed E-state index contributed by atoms with van der Waals surface area (Å²) >= 11 is 0. The molecule has 0 bridgehead atoms. The monoisotopic (exact) mass is 406 g/mol. The van der Waals surface area contributed by atoms with Gasteiger partial charge in [0.2, 0.25) is 5.95 Å². The van der Waals surface area contributed by atoms with Crippen LogP contribution in [0, 0.1) is 13.8 Å². The van der Waals surface area contributed by atoms with Gasteiger partial charge in [-0.25, -0.2) is 4.98 Å². The Hall–Kier alpha value is -3.09. The molecule has 7 nitrogen and oxygen atoms in total. The van der Waals surface area contributed by atoms with E-state index in [0.29, 0.717) is 25.0 Å². The van der Waals surface area contributed by atoms with E-state index in [2.05, 4.69) is 66.0 Å². The highest BCUT2D eigenvalue weighted by molar-refractivity contribution is 5.67. The zero-order valence-corrected chi connectivity index (χ0v) is 18.4. The van der Waals surface area contributed by atoms with Crippen LogP contribution in [0.4, 0.5) is 11.8 Å². The molecule has 0 saturated heterocycles. The van der Waals surface area contributed by atoms with Gasteiger partial charge in [-0.2, -0.15) is 10.1 Å². The lowest BCUT2D eigenvalue weighted by atomic mass is 9.99. The van der Waals surface area contributed by atoms with E-state index in [0.717, 1.165) is 58.2 Å². The Labute approximate surface area is 177 Å². The second kappa shape index (κ2) is 7.97. The number of nitrogens with zero attached hydrogens (tertiary/aromatic N) is 5. The SMILES string of the molecule is CCn1cc(-c2cc(C)c3c(c2)CN(c2nc(N)nc(C)c2C(C)C)CCO3)cn1. The van der Waals surface area contributed by atoms with Crippen molar-refractivity contribution >= 4 is 11.8 Å². The van der Waals surface area contributed by atoms with Crippen LogP contribution in [-0.4, -0.2) is 32.9 Å². The normalized spacial score (nSPS) is 13.9. The van der Waals surface area contributed by atoms with Crippen molar-refractivity contribution in [2.75, 3.05) is 23.8 Å². The number of aryl methyl sites for hydroxylation is 3. The van der Waals surface area contributed by atoms with Crippen LogP contribution in [-0.2, 0) is 13.1 Å². The predicted octanol–water partition coefficient (Wildman–Crippen LogP) is 4.08. The van der Waals surface area contributed by atoms with Crippen LogP contribution < -0.4 is 15.4 Å². The van der Waals surface area contributed by atoms with Crippen molar-refractivity contribution in [3.63, 3.8) is 0 Å². The van der Waals surface area contributed by atoms with Crippen LogP contribution in [0.3, 0.4) is 0 Å². The van der Waals surface area contributed by atoms with E-state index in [9.17, 15) is 0 Å². The van der Waals surface area contributed by atoms with Crippen LogP contribution in [0.2, 0.25) is 0 Å². The van der Waals surface area contributed by atoms with Crippen molar-refractivity contribution in [2.45, 2.75) is 53.6 Å². The summed E-state index contributed by atoms with van der Waals surface area (Å²) in [5, 5.41) is 4.43. The minimum atomic E-state index is 0.303. The molecule has 1 aromatic carbocycles. The Kier molecular flexibility index (Phi) is 5.37. The number of benzene rings is 1. The molecule has 0 atom stereocenters. The van der Waals surface area contributed by atoms with Crippen molar-refractivity contribution in [1.82, 2.24) is 19.7 Å². The van der Waals surface area contributed by atoms with Gasteiger partial charge in [-0.15, -0.1) is 0 Å². The first-order valence-electron chi connectivity index (χ1n) is 10.6. The molecule has 0 amide bonds. The number of rotatable bonds is 4. The molecule has 0 fully saturated rings. The molecule has 30 heavy (non-hydrogen) atoms. The van der Waals surface area contributed by atoms with E-state index in [1.54, 1.807) is 0 Å². The van der Waals surface area contributed by atoms with E-state index < -0.39 is 0 Å². The molecular formula is C23H30N6O. The van der Waals surface area contributed by atoms with Crippen molar-refractivity contribution in [3.8, 4) is 16.9 Å². The van der Waals surface area contributed by atoms with E-state index in [4.69, 9.17) is 10.5 Å². The molecule has 3 aromatic rings. The maximum absolute atomic E-state index is 6.17. The second-order valence-corrected chi connectivity index (χ2v) is 8.20. The summed E-state index contributed by atoms with van der Waals surface area (Å²) in [6.07, 6.45) is 4.01. The van der Waals surface area contributed by atoms with Crippen molar-refractivity contribution in [1.29, 1.82) is 0 Å². The molecule has 158 valence electrons. The number of hydrogen-bond acceptors (Lipinski definition) is 6. The highest BCUT2D eigenvalue weighted by atomic mass is 16.5. The fourth-order valence-electron chi connectivity index (χ4n) is 4.25. The van der Waals surface area contributed by atoms with Gasteiger partial charge in [-0.3, -0.25) is 4.68 Å². The molecule has 0 spiro atoms. The van der Waals surface area contributed by atoms with Gasteiger partial charge in [0.1, 0.15) is 18.2 Å². The average molecular weight is 407 g/mol. The van der Waals surface area contributed by atoms with Crippen molar-refractivity contribution in [3.05, 3.63) is 46.9 Å². The molecule has 0 aliphatic carbocycles. The number of aromatic nitrogens is 4. The smallest absolute Gasteiger partial charge is 0.222 e. The molecule has 2 N–H and O–H groups in total. The summed E-state index contributed by atoms with van der Waals surface area (Å²) in [5.41, 5.74) is 12.7. The number of fused-ring (bicyclic) bond motifs is 1. The summed E-state index contributed by atoms with van der Waals surface area (Å²) in [6, 6.07) is 4.39. The fourth-order valence-corrected chi connectivity index (χ4v) is 4.25. The molecular weight excluding hydrogens is 376 g/mol. The highest BCUT2D eigenvalue weighted by Crippen LogP contribution is 2.36. The quantitative estimate of drug-likeness (QED) is 0.703. The molecule has 1 aliphatic heterocycles. The van der Waals surface area contributed by atoms with Gasteiger partial charge in [0, 0.05) is 41.7 Å². The fraction of sp³-hybridized carbons (Fsp3) is 0.435. The van der Waals surface area contributed by atoms with Gasteiger partial charge in [0.25, 0.3) is 0 Å². The second-order valence-electron chi connectivity index (χ2n) is 8.20. The number of nitrogen functional groups attached to an aromatic ring is 1. The summed E-state index contributed by atoms with van der Waals surface area (Å²) < 4.78 is 8.12. The summed E-state index contributed by atoms with van der Waals surface area (Å²) in [4.78, 5) is 11.3. The molecule has 4 rings (SSSR count).